The van der Waals surface area contributed by atoms with E-state index in [0.717, 1.165) is 39.0 Å². The minimum absolute atomic E-state index is 0.590. The summed E-state index contributed by atoms with van der Waals surface area (Å²) in [5, 5.41) is 10.9. The van der Waals surface area contributed by atoms with E-state index in [-0.39, 0.29) is 0 Å². The first-order chi connectivity index (χ1) is 12.1. The normalized spacial score (nSPS) is 11.0. The summed E-state index contributed by atoms with van der Waals surface area (Å²) in [5.41, 5.74) is 3.67. The minimum atomic E-state index is 0.590. The molecule has 4 aromatic rings. The molecule has 0 saturated heterocycles. The number of benzene rings is 3. The highest BCUT2D eigenvalue weighted by atomic mass is 35.5. The molecule has 5 heteroatoms. The van der Waals surface area contributed by atoms with Gasteiger partial charge in [0.05, 0.1) is 18.5 Å². The van der Waals surface area contributed by atoms with Crippen molar-refractivity contribution >= 4 is 34.0 Å². The summed E-state index contributed by atoms with van der Waals surface area (Å²) in [6.45, 7) is 0. The third kappa shape index (κ3) is 3.21. The van der Waals surface area contributed by atoms with Crippen LogP contribution in [0.5, 0.6) is 5.75 Å². The van der Waals surface area contributed by atoms with Gasteiger partial charge >= 0.3 is 0 Å². The highest BCUT2D eigenvalue weighted by Gasteiger charge is 2.08. The third-order valence-corrected chi connectivity index (χ3v) is 4.53. The summed E-state index contributed by atoms with van der Waals surface area (Å²) < 4.78 is 5.27. The predicted octanol–water partition coefficient (Wildman–Crippen LogP) is 6.21. The summed E-state index contributed by atoms with van der Waals surface area (Å²) in [4.78, 5) is 0. The van der Waals surface area contributed by atoms with Crippen LogP contribution in [0.3, 0.4) is 0 Å². The number of nitrogens with one attached hydrogen (secondary N) is 1. The molecule has 0 amide bonds. The Morgan fingerprint density at radius 3 is 2.28 bits per heavy atom. The molecule has 124 valence electrons. The lowest BCUT2D eigenvalue weighted by molar-refractivity contribution is 0.415. The summed E-state index contributed by atoms with van der Waals surface area (Å²) in [7, 11) is 1.67. The van der Waals surface area contributed by atoms with Crippen molar-refractivity contribution in [3.63, 3.8) is 0 Å². The third-order valence-electron chi connectivity index (χ3n) is 4.09. The lowest BCUT2D eigenvalue weighted by Crippen LogP contribution is -1.83. The van der Waals surface area contributed by atoms with E-state index < -0.39 is 0 Å². The highest BCUT2D eigenvalue weighted by molar-refractivity contribution is 6.35. The predicted molar refractivity (Wildman–Crippen MR) is 104 cm³/mol. The van der Waals surface area contributed by atoms with Gasteiger partial charge in [-0.2, -0.15) is 5.10 Å². The highest BCUT2D eigenvalue weighted by Crippen LogP contribution is 2.30. The van der Waals surface area contributed by atoms with Gasteiger partial charge in [0.15, 0.2) is 0 Å². The van der Waals surface area contributed by atoms with Gasteiger partial charge in [0.2, 0.25) is 0 Å². The Labute approximate surface area is 155 Å². The molecular weight excluding hydrogens is 355 g/mol. The number of methoxy groups -OCH3 is 1. The topological polar surface area (TPSA) is 37.9 Å². The van der Waals surface area contributed by atoms with E-state index >= 15 is 0 Å². The maximum Gasteiger partial charge on any atom is 0.119 e. The minimum Gasteiger partial charge on any atom is -0.497 e. The second-order valence-corrected chi connectivity index (χ2v) is 6.63. The van der Waals surface area contributed by atoms with E-state index in [0.29, 0.717) is 10.0 Å². The van der Waals surface area contributed by atoms with Gasteiger partial charge in [0.1, 0.15) is 5.75 Å². The second-order valence-electron chi connectivity index (χ2n) is 5.75. The molecule has 25 heavy (non-hydrogen) atoms. The van der Waals surface area contributed by atoms with Crippen LogP contribution in [-0.4, -0.2) is 17.3 Å². The van der Waals surface area contributed by atoms with Gasteiger partial charge in [-0.15, -0.1) is 0 Å². The molecule has 0 aliphatic heterocycles. The molecule has 0 bridgehead atoms. The van der Waals surface area contributed by atoms with Crippen molar-refractivity contribution in [2.75, 3.05) is 7.11 Å². The van der Waals surface area contributed by atoms with E-state index in [9.17, 15) is 0 Å². The van der Waals surface area contributed by atoms with Crippen molar-refractivity contribution in [1.82, 2.24) is 10.2 Å². The molecule has 0 aliphatic rings. The van der Waals surface area contributed by atoms with Gasteiger partial charge in [-0.05, 0) is 53.2 Å². The molecule has 3 nitrogen and oxygen atoms in total. The fourth-order valence-electron chi connectivity index (χ4n) is 2.84. The lowest BCUT2D eigenvalue weighted by Gasteiger charge is -2.04. The number of aromatic nitrogens is 2. The first-order valence-corrected chi connectivity index (χ1v) is 8.48. The van der Waals surface area contributed by atoms with Crippen LogP contribution in [0.1, 0.15) is 0 Å². The van der Waals surface area contributed by atoms with Crippen molar-refractivity contribution < 1.29 is 4.74 Å². The van der Waals surface area contributed by atoms with Crippen LogP contribution in [0.25, 0.3) is 33.3 Å². The average Bonchev–Trinajstić information content (AvgIpc) is 3.10. The second kappa shape index (κ2) is 6.43. The van der Waals surface area contributed by atoms with Crippen molar-refractivity contribution in [2.45, 2.75) is 0 Å². The van der Waals surface area contributed by atoms with Gasteiger partial charge in [-0.25, -0.2) is 0 Å². The van der Waals surface area contributed by atoms with Crippen molar-refractivity contribution in [3.05, 3.63) is 70.7 Å². The molecular formula is C20H14Cl2N2O. The van der Waals surface area contributed by atoms with E-state index in [1.165, 1.54) is 0 Å². The Morgan fingerprint density at radius 2 is 1.52 bits per heavy atom. The molecule has 1 aromatic heterocycles. The number of aromatic amines is 1. The first-order valence-electron chi connectivity index (χ1n) is 7.72. The van der Waals surface area contributed by atoms with E-state index in [2.05, 4.69) is 28.4 Å². The molecule has 0 radical (unpaired) electrons. The average molecular weight is 369 g/mol. The van der Waals surface area contributed by atoms with Crippen LogP contribution in [0.15, 0.2) is 60.7 Å². The number of H-pyrrole nitrogens is 1. The Hall–Kier alpha value is -2.49. The molecule has 0 spiro atoms. The van der Waals surface area contributed by atoms with Crippen LogP contribution in [0.2, 0.25) is 10.0 Å². The zero-order valence-electron chi connectivity index (χ0n) is 13.4. The quantitative estimate of drug-likeness (QED) is 0.466. The number of rotatable bonds is 3. The smallest absolute Gasteiger partial charge is 0.119 e. The summed E-state index contributed by atoms with van der Waals surface area (Å²) in [6, 6.07) is 19.7. The van der Waals surface area contributed by atoms with Gasteiger partial charge in [-0.1, -0.05) is 41.4 Å². The molecule has 0 fully saturated rings. The molecule has 1 heterocycles. The maximum atomic E-state index is 6.08. The van der Waals surface area contributed by atoms with Crippen LogP contribution >= 0.6 is 23.2 Å². The van der Waals surface area contributed by atoms with E-state index in [1.54, 1.807) is 13.2 Å². The monoisotopic (exact) mass is 368 g/mol. The fourth-order valence-corrected chi connectivity index (χ4v) is 3.36. The Balaban J connectivity index is 1.73. The van der Waals surface area contributed by atoms with Gasteiger partial charge in [-0.3, -0.25) is 5.10 Å². The standard InChI is InChI=1S/C20H14Cl2N2O/c1-25-18-5-4-12-6-14(3-2-13(12)9-18)19-11-20(24-23-19)15-7-16(21)10-17(22)8-15/h2-11H,1H3,(H,23,24). The number of hydrogen-bond acceptors (Lipinski definition) is 2. The Bertz CT molecular complexity index is 1050. The number of hydrogen-bond donors (Lipinski definition) is 1. The van der Waals surface area contributed by atoms with Crippen molar-refractivity contribution in [3.8, 4) is 28.3 Å². The number of halogens is 2. The Kier molecular flexibility index (Phi) is 4.12. The molecule has 3 aromatic carbocycles. The molecule has 0 saturated carbocycles. The molecule has 0 atom stereocenters. The zero-order chi connectivity index (χ0) is 17.4. The van der Waals surface area contributed by atoms with Crippen LogP contribution in [-0.2, 0) is 0 Å². The number of ether oxygens (including phenoxy) is 1. The molecule has 0 aliphatic carbocycles. The van der Waals surface area contributed by atoms with Crippen LogP contribution < -0.4 is 4.74 Å². The van der Waals surface area contributed by atoms with Crippen LogP contribution in [0.4, 0.5) is 0 Å². The lowest BCUT2D eigenvalue weighted by atomic mass is 10.0. The summed E-state index contributed by atoms with van der Waals surface area (Å²) in [6.07, 6.45) is 0. The van der Waals surface area contributed by atoms with Gasteiger partial charge in [0.25, 0.3) is 0 Å². The van der Waals surface area contributed by atoms with Crippen molar-refractivity contribution in [1.29, 1.82) is 0 Å². The Morgan fingerprint density at radius 1 is 0.800 bits per heavy atom. The zero-order valence-corrected chi connectivity index (χ0v) is 14.9. The summed E-state index contributed by atoms with van der Waals surface area (Å²) in [5.74, 6) is 0.849. The first kappa shape index (κ1) is 16.0. The van der Waals surface area contributed by atoms with Gasteiger partial charge < -0.3 is 4.74 Å². The number of nitrogens with zero attached hydrogens (tertiary/aromatic N) is 1. The van der Waals surface area contributed by atoms with Crippen molar-refractivity contribution in [2.24, 2.45) is 0 Å². The van der Waals surface area contributed by atoms with Crippen LogP contribution in [0, 0.1) is 0 Å². The maximum absolute atomic E-state index is 6.08. The molecule has 0 unspecified atom stereocenters. The SMILES string of the molecule is COc1ccc2cc(-c3cc(-c4cc(Cl)cc(Cl)c4)n[nH]3)ccc2c1. The summed E-state index contributed by atoms with van der Waals surface area (Å²) >= 11 is 12.2. The van der Waals surface area contributed by atoms with E-state index in [4.69, 9.17) is 27.9 Å². The van der Waals surface area contributed by atoms with E-state index in [1.807, 2.05) is 36.4 Å². The fraction of sp³-hybridized carbons (Fsp3) is 0.0500. The number of fused-ring (bicyclic) bond motifs is 1. The largest absolute Gasteiger partial charge is 0.497 e. The molecule has 1 N–H and O–H groups in total. The molecule has 4 rings (SSSR count). The van der Waals surface area contributed by atoms with Gasteiger partial charge in [0, 0.05) is 21.2 Å².